The normalized spacial score (nSPS) is 17.8. The third-order valence-electron chi connectivity index (χ3n) is 4.76. The first-order chi connectivity index (χ1) is 11.3. The minimum atomic E-state index is -0.435. The van der Waals surface area contributed by atoms with Gasteiger partial charge in [-0.3, -0.25) is 0 Å². The van der Waals surface area contributed by atoms with Crippen molar-refractivity contribution in [2.24, 2.45) is 5.73 Å². The Bertz CT molecular complexity index is 685. The summed E-state index contributed by atoms with van der Waals surface area (Å²) in [5.74, 6) is 1.87. The lowest BCUT2D eigenvalue weighted by molar-refractivity contribution is 0.175. The number of nitrogens with two attached hydrogens (primary N) is 1. The number of hydrogen-bond acceptors (Lipinski definition) is 5. The molecule has 1 heterocycles. The van der Waals surface area contributed by atoms with Gasteiger partial charge in [-0.05, 0) is 42.9 Å². The number of nitrogens with zero attached hydrogens (tertiary/aromatic N) is 2. The van der Waals surface area contributed by atoms with Gasteiger partial charge in [0, 0.05) is 0 Å². The largest absolute Gasteiger partial charge is 0.481 e. The van der Waals surface area contributed by atoms with Crippen molar-refractivity contribution in [3.8, 4) is 5.75 Å². The van der Waals surface area contributed by atoms with E-state index in [2.05, 4.69) is 43.0 Å². The molecule has 0 bridgehead atoms. The lowest BCUT2D eigenvalue weighted by Crippen LogP contribution is -2.34. The van der Waals surface area contributed by atoms with E-state index in [-0.39, 0.29) is 23.9 Å². The first kappa shape index (κ1) is 19.7. The average molecular weight is 366 g/mol. The Labute approximate surface area is 155 Å². The highest BCUT2D eigenvalue weighted by Crippen LogP contribution is 2.35. The summed E-state index contributed by atoms with van der Waals surface area (Å²) < 4.78 is 11.3. The van der Waals surface area contributed by atoms with Crippen LogP contribution in [0.4, 0.5) is 0 Å². The van der Waals surface area contributed by atoms with Crippen LogP contribution in [-0.4, -0.2) is 10.1 Å². The Kier molecular flexibility index (Phi) is 5.79. The second-order valence-corrected chi connectivity index (χ2v) is 7.85. The van der Waals surface area contributed by atoms with Crippen molar-refractivity contribution in [3.05, 3.63) is 41.5 Å². The van der Waals surface area contributed by atoms with Crippen molar-refractivity contribution in [1.82, 2.24) is 10.1 Å². The van der Waals surface area contributed by atoms with E-state index in [0.717, 1.165) is 31.4 Å². The van der Waals surface area contributed by atoms with Gasteiger partial charge < -0.3 is 15.0 Å². The van der Waals surface area contributed by atoms with Gasteiger partial charge in [-0.25, -0.2) is 0 Å². The number of rotatable bonds is 4. The zero-order chi connectivity index (χ0) is 17.4. The molecule has 2 N–H and O–H groups in total. The van der Waals surface area contributed by atoms with Gasteiger partial charge in [0.15, 0.2) is 11.9 Å². The molecule has 6 heteroatoms. The standard InChI is InChI=1S/C19H27N3O2.ClH/c1-13(23-15-9-7-14(8-10-15)18(2,3)4)16-21-17(22-24-16)19(20)11-5-6-12-19;/h7-10,13H,5-6,11-12,20H2,1-4H3;1H. The monoisotopic (exact) mass is 365 g/mol. The maximum Gasteiger partial charge on any atom is 0.267 e. The van der Waals surface area contributed by atoms with Gasteiger partial charge in [-0.2, -0.15) is 4.98 Å². The average Bonchev–Trinajstić information content (AvgIpc) is 3.16. The summed E-state index contributed by atoms with van der Waals surface area (Å²) in [6, 6.07) is 8.15. The van der Waals surface area contributed by atoms with Crippen LogP contribution >= 0.6 is 12.4 Å². The summed E-state index contributed by atoms with van der Waals surface area (Å²) >= 11 is 0. The van der Waals surface area contributed by atoms with Crippen LogP contribution in [0.25, 0.3) is 0 Å². The predicted molar refractivity (Wildman–Crippen MR) is 100 cm³/mol. The molecular weight excluding hydrogens is 338 g/mol. The SMILES string of the molecule is CC(Oc1ccc(C(C)(C)C)cc1)c1nc(C2(N)CCCC2)no1.Cl. The second kappa shape index (κ2) is 7.34. The number of benzene rings is 1. The maximum atomic E-state index is 6.38. The van der Waals surface area contributed by atoms with E-state index < -0.39 is 5.54 Å². The maximum absolute atomic E-state index is 6.38. The van der Waals surface area contributed by atoms with E-state index in [9.17, 15) is 0 Å². The minimum absolute atomic E-state index is 0. The fraction of sp³-hybridized carbons (Fsp3) is 0.579. The molecule has 1 aliphatic rings. The molecule has 1 aromatic heterocycles. The fourth-order valence-corrected chi connectivity index (χ4v) is 3.12. The van der Waals surface area contributed by atoms with E-state index in [4.69, 9.17) is 15.0 Å². The van der Waals surface area contributed by atoms with Gasteiger partial charge in [0.05, 0.1) is 5.54 Å². The molecular formula is C19H28ClN3O2. The Morgan fingerprint density at radius 3 is 2.32 bits per heavy atom. The lowest BCUT2D eigenvalue weighted by atomic mass is 9.87. The molecule has 1 atom stereocenters. The van der Waals surface area contributed by atoms with Gasteiger partial charge >= 0.3 is 0 Å². The number of hydrogen-bond donors (Lipinski definition) is 1. The van der Waals surface area contributed by atoms with E-state index >= 15 is 0 Å². The molecule has 1 saturated carbocycles. The molecule has 0 aliphatic heterocycles. The smallest absolute Gasteiger partial charge is 0.267 e. The van der Waals surface area contributed by atoms with Crippen molar-refractivity contribution in [1.29, 1.82) is 0 Å². The van der Waals surface area contributed by atoms with E-state index in [1.54, 1.807) is 0 Å². The van der Waals surface area contributed by atoms with Gasteiger partial charge in [-0.15, -0.1) is 12.4 Å². The number of ether oxygens (including phenoxy) is 1. The van der Waals surface area contributed by atoms with Crippen molar-refractivity contribution in [2.45, 2.75) is 70.4 Å². The molecule has 0 radical (unpaired) electrons. The fourth-order valence-electron chi connectivity index (χ4n) is 3.12. The molecule has 3 rings (SSSR count). The van der Waals surface area contributed by atoms with E-state index in [0.29, 0.717) is 11.7 Å². The summed E-state index contributed by atoms with van der Waals surface area (Å²) in [6.07, 6.45) is 3.75. The van der Waals surface area contributed by atoms with Crippen molar-refractivity contribution in [3.63, 3.8) is 0 Å². The Morgan fingerprint density at radius 1 is 1.16 bits per heavy atom. The summed E-state index contributed by atoms with van der Waals surface area (Å²) in [6.45, 7) is 8.48. The molecule has 1 unspecified atom stereocenters. The highest BCUT2D eigenvalue weighted by atomic mass is 35.5. The molecule has 5 nitrogen and oxygen atoms in total. The molecule has 0 amide bonds. The summed E-state index contributed by atoms with van der Waals surface area (Å²) in [4.78, 5) is 4.49. The predicted octanol–water partition coefficient (Wildman–Crippen LogP) is 4.66. The van der Waals surface area contributed by atoms with Crippen LogP contribution in [-0.2, 0) is 11.0 Å². The topological polar surface area (TPSA) is 74.2 Å². The van der Waals surface area contributed by atoms with E-state index in [1.165, 1.54) is 5.56 Å². The van der Waals surface area contributed by atoms with Gasteiger partial charge in [0.25, 0.3) is 5.89 Å². The Balaban J connectivity index is 0.00000225. The molecule has 25 heavy (non-hydrogen) atoms. The van der Waals surface area contributed by atoms with Crippen molar-refractivity contribution < 1.29 is 9.26 Å². The minimum Gasteiger partial charge on any atom is -0.481 e. The Hall–Kier alpha value is -1.59. The van der Waals surface area contributed by atoms with E-state index in [1.807, 2.05) is 19.1 Å². The number of halogens is 1. The van der Waals surface area contributed by atoms with Crippen molar-refractivity contribution >= 4 is 12.4 Å². The Morgan fingerprint density at radius 2 is 1.76 bits per heavy atom. The van der Waals surface area contributed by atoms with Crippen LogP contribution in [0.1, 0.15) is 76.8 Å². The van der Waals surface area contributed by atoms with Crippen molar-refractivity contribution in [2.75, 3.05) is 0 Å². The molecule has 0 spiro atoms. The molecule has 1 aromatic carbocycles. The first-order valence-electron chi connectivity index (χ1n) is 8.68. The second-order valence-electron chi connectivity index (χ2n) is 7.85. The van der Waals surface area contributed by atoms with Gasteiger partial charge in [-0.1, -0.05) is 50.9 Å². The van der Waals surface area contributed by atoms with Crippen LogP contribution in [0.15, 0.2) is 28.8 Å². The summed E-state index contributed by atoms with van der Waals surface area (Å²) in [5.41, 5.74) is 7.34. The molecule has 138 valence electrons. The molecule has 2 aromatic rings. The third-order valence-corrected chi connectivity index (χ3v) is 4.76. The highest BCUT2D eigenvalue weighted by Gasteiger charge is 2.36. The van der Waals surface area contributed by atoms with Crippen LogP contribution < -0.4 is 10.5 Å². The quantitative estimate of drug-likeness (QED) is 0.853. The van der Waals surface area contributed by atoms with Crippen LogP contribution in [0.5, 0.6) is 5.75 Å². The van der Waals surface area contributed by atoms with Crippen LogP contribution in [0.2, 0.25) is 0 Å². The van der Waals surface area contributed by atoms with Crippen LogP contribution in [0, 0.1) is 0 Å². The first-order valence-corrected chi connectivity index (χ1v) is 8.68. The summed E-state index contributed by atoms with van der Waals surface area (Å²) in [5, 5.41) is 4.09. The van der Waals surface area contributed by atoms with Gasteiger partial charge in [0.2, 0.25) is 0 Å². The zero-order valence-corrected chi connectivity index (χ0v) is 16.2. The molecule has 0 saturated heterocycles. The number of aromatic nitrogens is 2. The van der Waals surface area contributed by atoms with Crippen LogP contribution in [0.3, 0.4) is 0 Å². The third kappa shape index (κ3) is 4.33. The molecule has 1 aliphatic carbocycles. The zero-order valence-electron chi connectivity index (χ0n) is 15.4. The summed E-state index contributed by atoms with van der Waals surface area (Å²) in [7, 11) is 0. The highest BCUT2D eigenvalue weighted by molar-refractivity contribution is 5.85. The molecule has 1 fully saturated rings. The lowest BCUT2D eigenvalue weighted by Gasteiger charge is -2.19. The van der Waals surface area contributed by atoms with Gasteiger partial charge in [0.1, 0.15) is 5.75 Å².